The van der Waals surface area contributed by atoms with Crippen molar-refractivity contribution in [3.05, 3.63) is 29.6 Å². The summed E-state index contributed by atoms with van der Waals surface area (Å²) in [5.41, 5.74) is 1.43. The first kappa shape index (κ1) is 27.1. The predicted molar refractivity (Wildman–Crippen MR) is 139 cm³/mol. The molecule has 0 atom stereocenters. The third-order valence-corrected chi connectivity index (χ3v) is 6.14. The van der Waals surface area contributed by atoms with Gasteiger partial charge in [-0.15, -0.1) is 24.0 Å². The number of aliphatic imine (C=N–C) groups is 1. The van der Waals surface area contributed by atoms with Gasteiger partial charge in [-0.1, -0.05) is 6.07 Å². The Morgan fingerprint density at radius 1 is 1.19 bits per heavy atom. The summed E-state index contributed by atoms with van der Waals surface area (Å²) in [6, 6.07) is 5.35. The second kappa shape index (κ2) is 12.9. The van der Waals surface area contributed by atoms with E-state index in [2.05, 4.69) is 34.4 Å². The standard InChI is InChI=1S/C23H38FN5O2.HI/c1-4-25-22(27-17-23(2,3)29-11-13-31-14-12-29)26-16-18-5-6-21(20(24)15-18)28-9-7-19(30)8-10-28;/h5-6,15,19,30H,4,7-14,16-17H2,1-3H3,(H2,25,26,27);1H. The van der Waals surface area contributed by atoms with Gasteiger partial charge in [0.25, 0.3) is 0 Å². The summed E-state index contributed by atoms with van der Waals surface area (Å²) in [4.78, 5) is 9.10. The van der Waals surface area contributed by atoms with Crippen LogP contribution in [-0.2, 0) is 11.3 Å². The van der Waals surface area contributed by atoms with E-state index >= 15 is 0 Å². The number of ether oxygens (including phenoxy) is 1. The van der Waals surface area contributed by atoms with Crippen molar-refractivity contribution in [3.8, 4) is 0 Å². The lowest BCUT2D eigenvalue weighted by Gasteiger charge is -2.41. The van der Waals surface area contributed by atoms with E-state index in [1.54, 1.807) is 6.07 Å². The topological polar surface area (TPSA) is 72.4 Å². The molecule has 3 rings (SSSR count). The molecular formula is C23H39FIN5O2. The fraction of sp³-hybridized carbons (Fsp3) is 0.696. The van der Waals surface area contributed by atoms with Crippen LogP contribution >= 0.6 is 24.0 Å². The molecule has 182 valence electrons. The highest BCUT2D eigenvalue weighted by atomic mass is 127. The highest BCUT2D eigenvalue weighted by Gasteiger charge is 2.28. The molecule has 1 aromatic carbocycles. The number of hydrogen-bond donors (Lipinski definition) is 3. The maximum Gasteiger partial charge on any atom is 0.191 e. The largest absolute Gasteiger partial charge is 0.393 e. The fourth-order valence-electron chi connectivity index (χ4n) is 4.10. The first-order valence-corrected chi connectivity index (χ1v) is 11.5. The number of aliphatic hydroxyl groups excluding tert-OH is 1. The minimum absolute atomic E-state index is 0. The Labute approximate surface area is 208 Å². The maximum atomic E-state index is 14.7. The SMILES string of the molecule is CCNC(=NCc1ccc(N2CCC(O)CC2)c(F)c1)NCC(C)(C)N1CCOCC1.I. The van der Waals surface area contributed by atoms with Crippen molar-refractivity contribution in [2.75, 3.05) is 57.4 Å². The molecule has 2 aliphatic rings. The average Bonchev–Trinajstić information content (AvgIpc) is 2.77. The van der Waals surface area contributed by atoms with Crippen LogP contribution in [0.1, 0.15) is 39.2 Å². The number of nitrogens with zero attached hydrogens (tertiary/aromatic N) is 3. The van der Waals surface area contributed by atoms with E-state index in [4.69, 9.17) is 4.74 Å². The maximum absolute atomic E-state index is 14.7. The van der Waals surface area contributed by atoms with E-state index in [-0.39, 0.29) is 41.4 Å². The molecule has 0 spiro atoms. The Hall–Kier alpha value is -1.17. The Kier molecular flexibility index (Phi) is 10.9. The van der Waals surface area contributed by atoms with Gasteiger partial charge in [0.15, 0.2) is 5.96 Å². The molecule has 2 aliphatic heterocycles. The highest BCUT2D eigenvalue weighted by molar-refractivity contribution is 14.0. The lowest BCUT2D eigenvalue weighted by Crippen LogP contribution is -2.56. The number of rotatable bonds is 7. The van der Waals surface area contributed by atoms with Crippen molar-refractivity contribution in [1.29, 1.82) is 0 Å². The smallest absolute Gasteiger partial charge is 0.191 e. The van der Waals surface area contributed by atoms with Gasteiger partial charge in [0.2, 0.25) is 0 Å². The van der Waals surface area contributed by atoms with Crippen molar-refractivity contribution in [1.82, 2.24) is 15.5 Å². The van der Waals surface area contributed by atoms with Crippen LogP contribution in [0.15, 0.2) is 23.2 Å². The minimum atomic E-state index is -0.266. The van der Waals surface area contributed by atoms with Crippen molar-refractivity contribution >= 4 is 35.6 Å². The third kappa shape index (κ3) is 7.71. The fourth-order valence-corrected chi connectivity index (χ4v) is 4.10. The summed E-state index contributed by atoms with van der Waals surface area (Å²) in [6.45, 7) is 13.2. The molecular weight excluding hydrogens is 524 g/mol. The normalized spacial score (nSPS) is 18.9. The van der Waals surface area contributed by atoms with Crippen LogP contribution in [0.25, 0.3) is 0 Å². The van der Waals surface area contributed by atoms with Gasteiger partial charge in [0.1, 0.15) is 5.82 Å². The van der Waals surface area contributed by atoms with Crippen molar-refractivity contribution in [3.63, 3.8) is 0 Å². The quantitative estimate of drug-likeness (QED) is 0.269. The second-order valence-electron chi connectivity index (χ2n) is 8.96. The number of guanidine groups is 1. The predicted octanol–water partition coefficient (Wildman–Crippen LogP) is 2.57. The lowest BCUT2D eigenvalue weighted by atomic mass is 10.0. The van der Waals surface area contributed by atoms with Gasteiger partial charge in [0.05, 0.1) is 31.5 Å². The summed E-state index contributed by atoms with van der Waals surface area (Å²) in [7, 11) is 0. The average molecular weight is 564 g/mol. The zero-order chi connectivity index (χ0) is 22.3. The Morgan fingerprint density at radius 2 is 1.88 bits per heavy atom. The van der Waals surface area contributed by atoms with Crippen LogP contribution in [0.4, 0.5) is 10.1 Å². The molecule has 3 N–H and O–H groups in total. The zero-order valence-corrected chi connectivity index (χ0v) is 21.9. The van der Waals surface area contributed by atoms with Gasteiger partial charge in [0, 0.05) is 44.8 Å². The summed E-state index contributed by atoms with van der Waals surface area (Å²) >= 11 is 0. The lowest BCUT2D eigenvalue weighted by molar-refractivity contribution is -0.00834. The molecule has 0 saturated carbocycles. The van der Waals surface area contributed by atoms with Crippen molar-refractivity contribution in [2.45, 2.75) is 51.8 Å². The van der Waals surface area contributed by atoms with E-state index < -0.39 is 0 Å². The van der Waals surface area contributed by atoms with Crippen molar-refractivity contribution < 1.29 is 14.2 Å². The number of hydrogen-bond acceptors (Lipinski definition) is 5. The number of nitrogens with one attached hydrogen (secondary N) is 2. The van der Waals surface area contributed by atoms with E-state index in [0.717, 1.165) is 50.9 Å². The van der Waals surface area contributed by atoms with Gasteiger partial charge >= 0.3 is 0 Å². The number of anilines is 1. The zero-order valence-electron chi connectivity index (χ0n) is 19.6. The number of halogens is 2. The Balaban J connectivity index is 0.00000363. The molecule has 2 saturated heterocycles. The summed E-state index contributed by atoms with van der Waals surface area (Å²) in [6.07, 6.45) is 1.10. The summed E-state index contributed by atoms with van der Waals surface area (Å²) < 4.78 is 20.2. The van der Waals surface area contributed by atoms with Gasteiger partial charge in [-0.05, 0) is 51.3 Å². The summed E-state index contributed by atoms with van der Waals surface area (Å²) in [5.74, 6) is 0.508. The molecule has 0 radical (unpaired) electrons. The number of piperidine rings is 1. The number of morpholine rings is 1. The van der Waals surface area contributed by atoms with Crippen LogP contribution < -0.4 is 15.5 Å². The second-order valence-corrected chi connectivity index (χ2v) is 8.96. The van der Waals surface area contributed by atoms with Crippen molar-refractivity contribution in [2.24, 2.45) is 4.99 Å². The first-order valence-electron chi connectivity index (χ1n) is 11.5. The van der Waals surface area contributed by atoms with Gasteiger partial charge in [-0.2, -0.15) is 0 Å². The van der Waals surface area contributed by atoms with E-state index in [1.807, 2.05) is 24.0 Å². The molecule has 32 heavy (non-hydrogen) atoms. The van der Waals surface area contributed by atoms with Gasteiger partial charge < -0.3 is 25.4 Å². The highest BCUT2D eigenvalue weighted by Crippen LogP contribution is 2.24. The Morgan fingerprint density at radius 3 is 2.50 bits per heavy atom. The molecule has 0 amide bonds. The van der Waals surface area contributed by atoms with E-state index in [1.165, 1.54) is 0 Å². The minimum Gasteiger partial charge on any atom is -0.393 e. The van der Waals surface area contributed by atoms with Crippen LogP contribution in [0, 0.1) is 5.82 Å². The molecule has 2 heterocycles. The molecule has 2 fully saturated rings. The Bertz CT molecular complexity index is 735. The molecule has 0 aromatic heterocycles. The molecule has 9 heteroatoms. The van der Waals surface area contributed by atoms with Crippen LogP contribution in [-0.4, -0.2) is 80.1 Å². The monoisotopic (exact) mass is 563 g/mol. The molecule has 1 aromatic rings. The van der Waals surface area contributed by atoms with Crippen LogP contribution in [0.3, 0.4) is 0 Å². The molecule has 0 aliphatic carbocycles. The first-order chi connectivity index (χ1) is 14.9. The molecule has 7 nitrogen and oxygen atoms in total. The number of benzene rings is 1. The number of aliphatic hydroxyl groups is 1. The van der Waals surface area contributed by atoms with E-state index in [9.17, 15) is 9.50 Å². The van der Waals surface area contributed by atoms with Crippen LogP contribution in [0.2, 0.25) is 0 Å². The summed E-state index contributed by atoms with van der Waals surface area (Å²) in [5, 5.41) is 16.4. The molecule has 0 unspecified atom stereocenters. The molecule has 0 bridgehead atoms. The van der Waals surface area contributed by atoms with Gasteiger partial charge in [-0.25, -0.2) is 9.38 Å². The third-order valence-electron chi connectivity index (χ3n) is 6.14. The van der Waals surface area contributed by atoms with E-state index in [0.29, 0.717) is 38.2 Å². The van der Waals surface area contributed by atoms with Crippen LogP contribution in [0.5, 0.6) is 0 Å². The van der Waals surface area contributed by atoms with Gasteiger partial charge in [-0.3, -0.25) is 4.90 Å².